The summed E-state index contributed by atoms with van der Waals surface area (Å²) in [5.74, 6) is -2.51. The maximum absolute atomic E-state index is 13.6. The summed E-state index contributed by atoms with van der Waals surface area (Å²) < 4.78 is 132. The van der Waals surface area contributed by atoms with Crippen LogP contribution in [0.15, 0.2) is 109 Å². The van der Waals surface area contributed by atoms with Gasteiger partial charge in [0, 0.05) is 43.3 Å². The number of rotatable bonds is 8. The van der Waals surface area contributed by atoms with Crippen LogP contribution in [0.4, 0.5) is 43.9 Å². The van der Waals surface area contributed by atoms with Gasteiger partial charge in [-0.2, -0.15) is 54.1 Å². The molecule has 2 saturated heterocycles. The van der Waals surface area contributed by atoms with Crippen molar-refractivity contribution in [1.82, 2.24) is 39.0 Å². The van der Waals surface area contributed by atoms with Crippen LogP contribution in [0.2, 0.25) is 5.15 Å². The van der Waals surface area contributed by atoms with Crippen LogP contribution in [0.1, 0.15) is 35.6 Å². The molecule has 4 aromatic heterocycles. The predicted molar refractivity (Wildman–Crippen MR) is 210 cm³/mol. The zero-order valence-corrected chi connectivity index (χ0v) is 33.4. The van der Waals surface area contributed by atoms with Gasteiger partial charge < -0.3 is 19.8 Å². The number of halogens is 11. The molecule has 0 aliphatic carbocycles. The summed E-state index contributed by atoms with van der Waals surface area (Å²) >= 11 is 5.73. The van der Waals surface area contributed by atoms with Gasteiger partial charge in [-0.25, -0.2) is 19.0 Å². The van der Waals surface area contributed by atoms with Crippen molar-refractivity contribution in [1.29, 1.82) is 0 Å². The van der Waals surface area contributed by atoms with Gasteiger partial charge in [0.05, 0.1) is 30.2 Å². The normalized spacial score (nSPS) is 16.4. The third-order valence-electron chi connectivity index (χ3n) is 9.71. The highest BCUT2D eigenvalue weighted by Crippen LogP contribution is 2.35. The lowest BCUT2D eigenvalue weighted by molar-refractivity contribution is -0.143. The first-order chi connectivity index (χ1) is 30.2. The fourth-order valence-electron chi connectivity index (χ4n) is 6.91. The summed E-state index contributed by atoms with van der Waals surface area (Å²) in [5, 5.41) is 25.2. The fraction of sp³-hybridized carbons (Fsp3) is 0.250. The van der Waals surface area contributed by atoms with Crippen molar-refractivity contribution < 1.29 is 63.5 Å². The maximum Gasteiger partial charge on any atom is 0.488 e. The number of imidazole rings is 2. The average Bonchev–Trinajstić information content (AvgIpc) is 3.98. The summed E-state index contributed by atoms with van der Waals surface area (Å²) in [4.78, 5) is 33.5. The monoisotopic (exact) mass is 924 g/mol. The number of benzene rings is 2. The molecule has 2 N–H and O–H groups in total. The largest absolute Gasteiger partial charge is 0.488 e. The highest BCUT2D eigenvalue weighted by molar-refractivity contribution is 6.58. The standard InChI is InChI=1S/C20H15F5N4O.C14H10ClF5N4O.C6H7BO2/c21-16(22)8-12-9-18(30)28(10-12)11-15-19(20(23,24)25)26-17-7-6-14(27-29(15)17)13-4-2-1-3-5-13;15-9-1-2-11-21-13(14(18,19)20)8(24(11)22-9)6-23-5-7(3-10(16)17)4-12(23)25;8-7(9)6-4-2-1-3-5-6/h1-8,12H,9-11H2;1-3,7H,4-6H2;1-5,8-9H. The number of nitrogens with zero attached hydrogens (tertiary/aromatic N) is 8. The van der Waals surface area contributed by atoms with Crippen molar-refractivity contribution in [3.63, 3.8) is 0 Å². The zero-order valence-electron chi connectivity index (χ0n) is 32.7. The van der Waals surface area contributed by atoms with Gasteiger partial charge in [-0.05, 0) is 41.9 Å². The van der Waals surface area contributed by atoms with Crippen molar-refractivity contribution in [3.8, 4) is 11.3 Å². The summed E-state index contributed by atoms with van der Waals surface area (Å²) in [6.07, 6.45) is -12.5. The molecule has 24 heteroatoms. The van der Waals surface area contributed by atoms with E-state index in [-0.39, 0.29) is 53.8 Å². The third-order valence-corrected chi connectivity index (χ3v) is 9.91. The molecular formula is C40H32BClF10N8O4. The molecule has 0 spiro atoms. The SMILES string of the molecule is O=C1CC(C=C(F)F)CN1Cc1c(C(F)(F)F)nc2ccc(-c3ccccc3)nn12.O=C1CC(C=C(F)F)CN1Cc1c(C(F)(F)F)nc2ccc(Cl)nn12.OB(O)c1ccccc1. The lowest BCUT2D eigenvalue weighted by atomic mass is 9.81. The summed E-state index contributed by atoms with van der Waals surface area (Å²) in [7, 11) is -1.34. The van der Waals surface area contributed by atoms with Crippen LogP contribution in [-0.4, -0.2) is 81.1 Å². The number of likely N-dealkylation sites (tertiary alicyclic amines) is 2. The van der Waals surface area contributed by atoms with Crippen LogP contribution in [0.5, 0.6) is 0 Å². The van der Waals surface area contributed by atoms with E-state index in [0.717, 1.165) is 18.8 Å². The Balaban J connectivity index is 0.000000180. The molecule has 2 atom stereocenters. The number of carbonyl (C=O) groups is 2. The van der Waals surface area contributed by atoms with E-state index in [1.807, 2.05) is 6.07 Å². The van der Waals surface area contributed by atoms with Gasteiger partial charge in [-0.3, -0.25) is 9.59 Å². The van der Waals surface area contributed by atoms with Gasteiger partial charge >= 0.3 is 19.5 Å². The molecule has 12 nitrogen and oxygen atoms in total. The van der Waals surface area contributed by atoms with Crippen LogP contribution in [0.3, 0.4) is 0 Å². The van der Waals surface area contributed by atoms with Crippen LogP contribution in [0, 0.1) is 11.8 Å². The van der Waals surface area contributed by atoms with Gasteiger partial charge in [0.2, 0.25) is 11.8 Å². The molecule has 6 heterocycles. The first-order valence-electron chi connectivity index (χ1n) is 18.8. The molecular weight excluding hydrogens is 893 g/mol. The fourth-order valence-corrected chi connectivity index (χ4v) is 7.05. The molecule has 0 saturated carbocycles. The zero-order chi connectivity index (χ0) is 46.5. The number of carbonyl (C=O) groups excluding carboxylic acids is 2. The third kappa shape index (κ3) is 11.6. The van der Waals surface area contributed by atoms with Crippen molar-refractivity contribution in [2.75, 3.05) is 13.1 Å². The van der Waals surface area contributed by atoms with Crippen molar-refractivity contribution >= 4 is 47.3 Å². The van der Waals surface area contributed by atoms with Crippen molar-refractivity contribution in [3.05, 3.63) is 137 Å². The smallest absolute Gasteiger partial charge is 0.423 e. The van der Waals surface area contributed by atoms with E-state index < -0.39 is 79.8 Å². The van der Waals surface area contributed by atoms with Crippen LogP contribution >= 0.6 is 11.6 Å². The lowest BCUT2D eigenvalue weighted by Gasteiger charge is -2.17. The second-order valence-electron chi connectivity index (χ2n) is 14.3. The molecule has 0 radical (unpaired) electrons. The highest BCUT2D eigenvalue weighted by atomic mass is 35.5. The summed E-state index contributed by atoms with van der Waals surface area (Å²) in [5.41, 5.74) is -1.46. The summed E-state index contributed by atoms with van der Waals surface area (Å²) in [6.45, 7) is -1.10. The average molecular weight is 925 g/mol. The quantitative estimate of drug-likeness (QED) is 0.119. The number of fused-ring (bicyclic) bond motifs is 2. The van der Waals surface area contributed by atoms with E-state index in [9.17, 15) is 53.5 Å². The van der Waals surface area contributed by atoms with E-state index in [1.54, 1.807) is 60.7 Å². The first kappa shape index (κ1) is 47.2. The second-order valence-corrected chi connectivity index (χ2v) is 14.7. The summed E-state index contributed by atoms with van der Waals surface area (Å²) in [6, 6.07) is 23.1. The Hall–Kier alpha value is -6.33. The van der Waals surface area contributed by atoms with Crippen molar-refractivity contribution in [2.45, 2.75) is 38.3 Å². The van der Waals surface area contributed by atoms with Gasteiger partial charge in [-0.1, -0.05) is 72.3 Å². The minimum absolute atomic E-state index is 0.0186. The Kier molecular flexibility index (Phi) is 14.4. The van der Waals surface area contributed by atoms with Gasteiger partial charge in [-0.15, -0.1) is 0 Å². The lowest BCUT2D eigenvalue weighted by Crippen LogP contribution is -2.29. The molecule has 2 amide bonds. The van der Waals surface area contributed by atoms with Gasteiger partial charge in [0.15, 0.2) is 22.7 Å². The van der Waals surface area contributed by atoms with E-state index >= 15 is 0 Å². The molecule has 8 rings (SSSR count). The first-order valence-corrected chi connectivity index (χ1v) is 19.2. The van der Waals surface area contributed by atoms with Gasteiger partial charge in [0.25, 0.3) is 12.2 Å². The maximum atomic E-state index is 13.6. The molecule has 2 unspecified atom stereocenters. The molecule has 64 heavy (non-hydrogen) atoms. The molecule has 2 fully saturated rings. The molecule has 6 aromatic rings. The van der Waals surface area contributed by atoms with E-state index in [0.29, 0.717) is 28.9 Å². The minimum Gasteiger partial charge on any atom is -0.423 e. The number of hydrogen-bond donors (Lipinski definition) is 2. The second kappa shape index (κ2) is 19.6. The predicted octanol–water partition coefficient (Wildman–Crippen LogP) is 7.44. The Morgan fingerprint density at radius 3 is 1.52 bits per heavy atom. The Morgan fingerprint density at radius 1 is 0.656 bits per heavy atom. The van der Waals surface area contributed by atoms with E-state index in [1.165, 1.54) is 18.2 Å². The van der Waals surface area contributed by atoms with Crippen LogP contribution in [0.25, 0.3) is 22.6 Å². The van der Waals surface area contributed by atoms with Crippen molar-refractivity contribution in [2.24, 2.45) is 11.8 Å². The topological polar surface area (TPSA) is 141 Å². The molecule has 0 bridgehead atoms. The Labute approximate surface area is 360 Å². The Bertz CT molecular complexity index is 2670. The molecule has 2 aromatic carbocycles. The van der Waals surface area contributed by atoms with E-state index in [4.69, 9.17) is 21.6 Å². The number of amides is 2. The van der Waals surface area contributed by atoms with Crippen LogP contribution in [-0.2, 0) is 35.0 Å². The highest BCUT2D eigenvalue weighted by Gasteiger charge is 2.41. The van der Waals surface area contributed by atoms with E-state index in [2.05, 4.69) is 20.2 Å². The number of hydrogen-bond acceptors (Lipinski definition) is 8. The molecule has 2 aliphatic rings. The molecule has 2 aliphatic heterocycles. The van der Waals surface area contributed by atoms with Gasteiger partial charge in [0.1, 0.15) is 5.15 Å². The molecule has 336 valence electrons. The Morgan fingerprint density at radius 2 is 1.09 bits per heavy atom. The number of aromatic nitrogens is 6. The number of alkyl halides is 6. The minimum atomic E-state index is -4.76. The van der Waals surface area contributed by atoms with Crippen LogP contribution < -0.4 is 5.46 Å².